The second-order valence-corrected chi connectivity index (χ2v) is 7.20. The smallest absolute Gasteiger partial charge is 0.190 e. The minimum atomic E-state index is 0.535. The predicted molar refractivity (Wildman–Crippen MR) is 105 cm³/mol. The highest BCUT2D eigenvalue weighted by Crippen LogP contribution is 2.31. The van der Waals surface area contributed by atoms with Gasteiger partial charge in [0.2, 0.25) is 0 Å². The maximum atomic E-state index is 6.42. The van der Waals surface area contributed by atoms with Gasteiger partial charge in [-0.3, -0.25) is 4.98 Å². The van der Waals surface area contributed by atoms with Crippen LogP contribution in [-0.2, 0) is 6.54 Å². The van der Waals surface area contributed by atoms with Crippen LogP contribution in [0.4, 0.5) is 5.69 Å². The van der Waals surface area contributed by atoms with Gasteiger partial charge in [-0.25, -0.2) is 4.99 Å². The lowest BCUT2D eigenvalue weighted by Gasteiger charge is -2.09. The second-order valence-electron chi connectivity index (χ2n) is 5.52. The van der Waals surface area contributed by atoms with Crippen molar-refractivity contribution < 1.29 is 4.42 Å². The summed E-state index contributed by atoms with van der Waals surface area (Å²) in [6, 6.07) is 13.0. The zero-order valence-electron chi connectivity index (χ0n) is 13.5. The molecule has 0 saturated heterocycles. The van der Waals surface area contributed by atoms with Gasteiger partial charge in [0.25, 0.3) is 0 Å². The molecule has 0 aliphatic rings. The number of hydrogen-bond acceptors (Lipinski definition) is 4. The van der Waals surface area contributed by atoms with E-state index in [1.165, 1.54) is 11.3 Å². The quantitative estimate of drug-likeness (QED) is 0.434. The SMILES string of the molecule is Clc1ccc(Cl)c(-c2csc(=Nc3cccnc3)n2Cc2ccco2)c1. The van der Waals surface area contributed by atoms with E-state index >= 15 is 0 Å². The van der Waals surface area contributed by atoms with Gasteiger partial charge in [0, 0.05) is 22.2 Å². The zero-order valence-corrected chi connectivity index (χ0v) is 15.8. The van der Waals surface area contributed by atoms with Gasteiger partial charge >= 0.3 is 0 Å². The van der Waals surface area contributed by atoms with Gasteiger partial charge in [0.15, 0.2) is 4.80 Å². The lowest BCUT2D eigenvalue weighted by molar-refractivity contribution is 0.492. The Morgan fingerprint density at radius 1 is 1.15 bits per heavy atom. The van der Waals surface area contributed by atoms with E-state index in [1.807, 2.05) is 35.7 Å². The van der Waals surface area contributed by atoms with E-state index in [0.29, 0.717) is 16.6 Å². The Morgan fingerprint density at radius 3 is 2.85 bits per heavy atom. The molecule has 0 N–H and O–H groups in total. The van der Waals surface area contributed by atoms with Crippen LogP contribution in [0.25, 0.3) is 11.3 Å². The van der Waals surface area contributed by atoms with Crippen LogP contribution in [-0.4, -0.2) is 9.55 Å². The summed E-state index contributed by atoms with van der Waals surface area (Å²) in [5.41, 5.74) is 2.57. The van der Waals surface area contributed by atoms with Crippen LogP contribution < -0.4 is 4.80 Å². The largest absolute Gasteiger partial charge is 0.467 e. The van der Waals surface area contributed by atoms with Gasteiger partial charge in [-0.05, 0) is 42.5 Å². The van der Waals surface area contributed by atoms with Crippen molar-refractivity contribution >= 4 is 40.2 Å². The third kappa shape index (κ3) is 3.60. The fourth-order valence-corrected chi connectivity index (χ4v) is 3.88. The molecule has 0 fully saturated rings. The molecule has 26 heavy (non-hydrogen) atoms. The molecule has 1 aromatic carbocycles. The minimum Gasteiger partial charge on any atom is -0.467 e. The van der Waals surface area contributed by atoms with E-state index in [0.717, 1.165) is 27.5 Å². The Kier molecular flexibility index (Phi) is 4.93. The molecule has 4 nitrogen and oxygen atoms in total. The molecular formula is C19H13Cl2N3OS. The molecule has 4 aromatic rings. The highest BCUT2D eigenvalue weighted by molar-refractivity contribution is 7.07. The molecule has 0 radical (unpaired) electrons. The summed E-state index contributed by atoms with van der Waals surface area (Å²) in [5, 5.41) is 3.29. The lowest BCUT2D eigenvalue weighted by Crippen LogP contribution is -2.16. The number of hydrogen-bond donors (Lipinski definition) is 0. The molecule has 0 spiro atoms. The summed E-state index contributed by atoms with van der Waals surface area (Å²) in [7, 11) is 0. The van der Waals surface area contributed by atoms with Crippen LogP contribution in [0.1, 0.15) is 5.76 Å². The van der Waals surface area contributed by atoms with Gasteiger partial charge < -0.3 is 8.98 Å². The molecule has 7 heteroatoms. The van der Waals surface area contributed by atoms with Crippen molar-refractivity contribution in [1.29, 1.82) is 0 Å². The topological polar surface area (TPSA) is 43.3 Å². The summed E-state index contributed by atoms with van der Waals surface area (Å²) in [4.78, 5) is 9.66. The summed E-state index contributed by atoms with van der Waals surface area (Å²) in [5.74, 6) is 0.829. The summed E-state index contributed by atoms with van der Waals surface area (Å²) < 4.78 is 7.59. The van der Waals surface area contributed by atoms with Crippen LogP contribution in [0.15, 0.2) is 75.9 Å². The molecule has 130 valence electrons. The first-order valence-electron chi connectivity index (χ1n) is 7.81. The molecule has 0 atom stereocenters. The Balaban J connectivity index is 1.89. The molecule has 0 bridgehead atoms. The number of pyridine rings is 1. The van der Waals surface area contributed by atoms with Gasteiger partial charge in [0.05, 0.1) is 35.4 Å². The first kappa shape index (κ1) is 17.1. The molecule has 0 aliphatic carbocycles. The molecule has 3 heterocycles. The van der Waals surface area contributed by atoms with Gasteiger partial charge in [-0.1, -0.05) is 23.2 Å². The van der Waals surface area contributed by atoms with E-state index in [2.05, 4.69) is 9.55 Å². The second kappa shape index (κ2) is 7.50. The van der Waals surface area contributed by atoms with E-state index in [1.54, 1.807) is 30.8 Å². The first-order valence-corrected chi connectivity index (χ1v) is 9.45. The molecule has 0 aliphatic heterocycles. The number of halogens is 2. The van der Waals surface area contributed by atoms with Crippen molar-refractivity contribution in [3.8, 4) is 11.3 Å². The van der Waals surface area contributed by atoms with Crippen molar-refractivity contribution in [3.63, 3.8) is 0 Å². The zero-order chi connectivity index (χ0) is 17.9. The first-order chi connectivity index (χ1) is 12.7. The van der Waals surface area contributed by atoms with Crippen LogP contribution in [0, 0.1) is 0 Å². The number of rotatable bonds is 4. The summed E-state index contributed by atoms with van der Waals surface area (Å²) in [6.07, 6.45) is 5.11. The number of aromatic nitrogens is 2. The van der Waals surface area contributed by atoms with E-state index in [9.17, 15) is 0 Å². The average Bonchev–Trinajstić information content (AvgIpc) is 3.29. The lowest BCUT2D eigenvalue weighted by atomic mass is 10.1. The monoisotopic (exact) mass is 401 g/mol. The van der Waals surface area contributed by atoms with Crippen LogP contribution in [0.3, 0.4) is 0 Å². The summed E-state index contributed by atoms with van der Waals surface area (Å²) >= 11 is 14.1. The molecule has 0 saturated carbocycles. The average molecular weight is 402 g/mol. The molecule has 0 unspecified atom stereocenters. The van der Waals surface area contributed by atoms with Crippen molar-refractivity contribution in [1.82, 2.24) is 9.55 Å². The maximum Gasteiger partial charge on any atom is 0.190 e. The van der Waals surface area contributed by atoms with Crippen molar-refractivity contribution in [2.75, 3.05) is 0 Å². The van der Waals surface area contributed by atoms with Gasteiger partial charge in [-0.2, -0.15) is 0 Å². The van der Waals surface area contributed by atoms with E-state index in [-0.39, 0.29) is 0 Å². The van der Waals surface area contributed by atoms with Crippen LogP contribution in [0.2, 0.25) is 10.0 Å². The van der Waals surface area contributed by atoms with Crippen LogP contribution >= 0.6 is 34.5 Å². The third-order valence-corrected chi connectivity index (χ3v) is 5.20. The van der Waals surface area contributed by atoms with E-state index in [4.69, 9.17) is 32.6 Å². The molecule has 0 amide bonds. The van der Waals surface area contributed by atoms with Gasteiger partial charge in [0.1, 0.15) is 5.76 Å². The Bertz CT molecular complexity index is 1090. The van der Waals surface area contributed by atoms with Crippen molar-refractivity contribution in [2.45, 2.75) is 6.54 Å². The van der Waals surface area contributed by atoms with Crippen LogP contribution in [0.5, 0.6) is 0 Å². The number of benzene rings is 1. The van der Waals surface area contributed by atoms with Crippen molar-refractivity contribution in [3.05, 3.63) is 87.1 Å². The highest BCUT2D eigenvalue weighted by atomic mass is 35.5. The number of furan rings is 1. The van der Waals surface area contributed by atoms with E-state index < -0.39 is 0 Å². The minimum absolute atomic E-state index is 0.535. The third-order valence-electron chi connectivity index (χ3n) is 3.77. The Labute approximate surface area is 164 Å². The molecular weight excluding hydrogens is 389 g/mol. The highest BCUT2D eigenvalue weighted by Gasteiger charge is 2.13. The Morgan fingerprint density at radius 2 is 2.08 bits per heavy atom. The molecule has 4 rings (SSSR count). The predicted octanol–water partition coefficient (Wildman–Crippen LogP) is 5.79. The fraction of sp³-hybridized carbons (Fsp3) is 0.0526. The standard InChI is InChI=1S/C19H13Cl2N3OS/c20-13-5-6-17(21)16(9-13)18-12-26-19(23-14-3-1-7-22-10-14)24(18)11-15-4-2-8-25-15/h1-10,12H,11H2. The number of nitrogens with zero attached hydrogens (tertiary/aromatic N) is 3. The maximum absolute atomic E-state index is 6.42. The summed E-state index contributed by atoms with van der Waals surface area (Å²) in [6.45, 7) is 0.535. The number of thiazole rings is 1. The fourth-order valence-electron chi connectivity index (χ4n) is 2.57. The Hall–Kier alpha value is -2.34. The van der Waals surface area contributed by atoms with Crippen molar-refractivity contribution in [2.24, 2.45) is 4.99 Å². The van der Waals surface area contributed by atoms with Gasteiger partial charge in [-0.15, -0.1) is 11.3 Å². The molecule has 3 aromatic heterocycles. The normalized spacial score (nSPS) is 11.8.